The van der Waals surface area contributed by atoms with Gasteiger partial charge in [-0.15, -0.1) is 0 Å². The number of carbonyl (C=O) groups is 1. The summed E-state index contributed by atoms with van der Waals surface area (Å²) in [4.78, 5) is 19.7. The molecule has 5 heteroatoms. The maximum atomic E-state index is 11.0. The van der Waals surface area contributed by atoms with Crippen molar-refractivity contribution in [1.82, 2.24) is 9.97 Å². The summed E-state index contributed by atoms with van der Waals surface area (Å²) in [6, 6.07) is 14.7. The quantitative estimate of drug-likeness (QED) is 0.650. The number of benzene rings is 2. The Kier molecular flexibility index (Phi) is 5.04. The second-order valence-electron chi connectivity index (χ2n) is 6.00. The number of carbonyl (C=O) groups excluding carboxylic acids is 1. The van der Waals surface area contributed by atoms with E-state index in [1.807, 2.05) is 26.0 Å². The summed E-state index contributed by atoms with van der Waals surface area (Å²) in [7, 11) is 0. The molecule has 1 aromatic heterocycles. The van der Waals surface area contributed by atoms with Gasteiger partial charge in [0.05, 0.1) is 11.6 Å². The molecule has 0 fully saturated rings. The first kappa shape index (κ1) is 17.3. The highest BCUT2D eigenvalue weighted by atomic mass is 16.5. The van der Waals surface area contributed by atoms with Crippen molar-refractivity contribution in [3.8, 4) is 17.7 Å². The molecule has 0 aliphatic heterocycles. The van der Waals surface area contributed by atoms with Crippen LogP contribution in [0.5, 0.6) is 11.6 Å². The molecule has 3 rings (SSSR count). The first-order valence-electron chi connectivity index (χ1n) is 8.14. The molecule has 0 bridgehead atoms. The molecule has 0 radical (unpaired) electrons. The monoisotopic (exact) mass is 343 g/mol. The first-order chi connectivity index (χ1) is 12.6. The summed E-state index contributed by atoms with van der Waals surface area (Å²) in [5.41, 5.74) is 4.01. The number of ether oxygens (including phenoxy) is 1. The van der Waals surface area contributed by atoms with Gasteiger partial charge in [0.25, 0.3) is 0 Å². The average Bonchev–Trinajstić information content (AvgIpc) is 2.65. The van der Waals surface area contributed by atoms with E-state index in [2.05, 4.69) is 16.0 Å². The fourth-order valence-corrected chi connectivity index (χ4v) is 2.72. The Bertz CT molecular complexity index is 966. The summed E-state index contributed by atoms with van der Waals surface area (Å²) in [5, 5.41) is 8.86. The van der Waals surface area contributed by atoms with Crippen LogP contribution < -0.4 is 4.74 Å². The molecule has 0 aliphatic rings. The third-order valence-corrected chi connectivity index (χ3v) is 3.95. The lowest BCUT2D eigenvalue weighted by Gasteiger charge is -2.12. The normalized spacial score (nSPS) is 10.2. The summed E-state index contributed by atoms with van der Waals surface area (Å²) in [6.07, 6.45) is 3.03. The first-order valence-corrected chi connectivity index (χ1v) is 8.14. The molecule has 0 saturated carbocycles. The van der Waals surface area contributed by atoms with Gasteiger partial charge in [0.2, 0.25) is 5.88 Å². The van der Waals surface area contributed by atoms with Gasteiger partial charge in [0.1, 0.15) is 17.9 Å². The third-order valence-electron chi connectivity index (χ3n) is 3.95. The predicted molar refractivity (Wildman–Crippen MR) is 97.4 cm³/mol. The van der Waals surface area contributed by atoms with Crippen LogP contribution in [0.2, 0.25) is 0 Å². The van der Waals surface area contributed by atoms with Gasteiger partial charge in [0, 0.05) is 24.2 Å². The lowest BCUT2D eigenvalue weighted by Crippen LogP contribution is -2.00. The highest BCUT2D eigenvalue weighted by molar-refractivity contribution is 5.76. The van der Waals surface area contributed by atoms with E-state index in [4.69, 9.17) is 10.00 Å². The van der Waals surface area contributed by atoms with Crippen molar-refractivity contribution in [1.29, 1.82) is 5.26 Å². The molecule has 3 aromatic rings. The van der Waals surface area contributed by atoms with E-state index in [0.717, 1.165) is 23.0 Å². The highest BCUT2D eigenvalue weighted by Crippen LogP contribution is 2.28. The Morgan fingerprint density at radius 2 is 1.81 bits per heavy atom. The molecule has 0 amide bonds. The van der Waals surface area contributed by atoms with Gasteiger partial charge in [0.15, 0.2) is 0 Å². The maximum Gasteiger partial charge on any atom is 0.222 e. The minimum Gasteiger partial charge on any atom is -0.438 e. The van der Waals surface area contributed by atoms with Gasteiger partial charge in [-0.1, -0.05) is 12.1 Å². The fraction of sp³-hybridized carbons (Fsp3) is 0.143. The van der Waals surface area contributed by atoms with E-state index < -0.39 is 0 Å². The van der Waals surface area contributed by atoms with Crippen LogP contribution in [0.4, 0.5) is 0 Å². The Hall–Kier alpha value is -3.52. The Labute approximate surface area is 151 Å². The second-order valence-corrected chi connectivity index (χ2v) is 6.00. The number of hydrogen-bond acceptors (Lipinski definition) is 5. The molecule has 0 unspecified atom stereocenters. The SMILES string of the molecule is Cc1cc(C=O)cc(C)c1Oc1ccnc(Cc2ccc(C#N)cc2)n1. The minimum absolute atomic E-state index is 0.452. The van der Waals surface area contributed by atoms with E-state index >= 15 is 0 Å². The molecule has 0 aliphatic carbocycles. The van der Waals surface area contributed by atoms with E-state index in [9.17, 15) is 4.79 Å². The number of nitriles is 1. The number of aryl methyl sites for hydroxylation is 2. The predicted octanol–water partition coefficient (Wildman–Crippen LogP) is 4.16. The molecule has 26 heavy (non-hydrogen) atoms. The molecule has 0 saturated heterocycles. The summed E-state index contributed by atoms with van der Waals surface area (Å²) < 4.78 is 5.94. The van der Waals surface area contributed by atoms with Crippen LogP contribution in [0.1, 0.15) is 38.4 Å². The zero-order valence-electron chi connectivity index (χ0n) is 14.6. The average molecular weight is 343 g/mol. The van der Waals surface area contributed by atoms with Gasteiger partial charge >= 0.3 is 0 Å². The number of aldehydes is 1. The number of hydrogen-bond donors (Lipinski definition) is 0. The molecule has 0 atom stereocenters. The maximum absolute atomic E-state index is 11.0. The third kappa shape index (κ3) is 3.93. The van der Waals surface area contributed by atoms with Gasteiger partial charge in [-0.3, -0.25) is 4.79 Å². The van der Waals surface area contributed by atoms with Gasteiger partial charge < -0.3 is 4.74 Å². The molecular weight excluding hydrogens is 326 g/mol. The van der Waals surface area contributed by atoms with Crippen LogP contribution in [-0.2, 0) is 6.42 Å². The molecule has 2 aromatic carbocycles. The van der Waals surface area contributed by atoms with Gasteiger partial charge in [-0.05, 0) is 54.8 Å². The second kappa shape index (κ2) is 7.58. The smallest absolute Gasteiger partial charge is 0.222 e. The van der Waals surface area contributed by atoms with Crippen molar-refractivity contribution in [2.45, 2.75) is 20.3 Å². The minimum atomic E-state index is 0.452. The Morgan fingerprint density at radius 3 is 2.42 bits per heavy atom. The highest BCUT2D eigenvalue weighted by Gasteiger charge is 2.09. The lowest BCUT2D eigenvalue weighted by molar-refractivity contribution is 0.112. The van der Waals surface area contributed by atoms with Crippen LogP contribution in [0.15, 0.2) is 48.7 Å². The van der Waals surface area contributed by atoms with E-state index in [1.165, 1.54) is 0 Å². The fourth-order valence-electron chi connectivity index (χ4n) is 2.72. The lowest BCUT2D eigenvalue weighted by atomic mass is 10.1. The van der Waals surface area contributed by atoms with Crippen molar-refractivity contribution in [3.05, 3.63) is 82.3 Å². The van der Waals surface area contributed by atoms with Crippen LogP contribution in [0.3, 0.4) is 0 Å². The van der Waals surface area contributed by atoms with Crippen LogP contribution >= 0.6 is 0 Å². The van der Waals surface area contributed by atoms with Crippen molar-refractivity contribution in [2.75, 3.05) is 0 Å². The van der Waals surface area contributed by atoms with Crippen molar-refractivity contribution >= 4 is 6.29 Å². The molecule has 128 valence electrons. The Morgan fingerprint density at radius 1 is 1.12 bits per heavy atom. The van der Waals surface area contributed by atoms with Gasteiger partial charge in [-0.25, -0.2) is 4.98 Å². The number of nitrogens with zero attached hydrogens (tertiary/aromatic N) is 3. The van der Waals surface area contributed by atoms with Gasteiger partial charge in [-0.2, -0.15) is 10.2 Å². The Balaban J connectivity index is 1.81. The van der Waals surface area contributed by atoms with Crippen molar-refractivity contribution in [3.63, 3.8) is 0 Å². The zero-order valence-corrected chi connectivity index (χ0v) is 14.6. The largest absolute Gasteiger partial charge is 0.438 e. The van der Waals surface area contributed by atoms with Crippen molar-refractivity contribution in [2.24, 2.45) is 0 Å². The molecular formula is C21H17N3O2. The number of aromatic nitrogens is 2. The standard InChI is InChI=1S/C21H17N3O2/c1-14-9-18(13-25)10-15(2)21(14)26-20-7-8-23-19(24-20)11-16-3-5-17(12-22)6-4-16/h3-10,13H,11H2,1-2H3. The molecule has 0 spiro atoms. The summed E-state index contributed by atoms with van der Waals surface area (Å²) >= 11 is 0. The van der Waals surface area contributed by atoms with Crippen LogP contribution in [-0.4, -0.2) is 16.3 Å². The summed E-state index contributed by atoms with van der Waals surface area (Å²) in [6.45, 7) is 3.79. The van der Waals surface area contributed by atoms with Crippen LogP contribution in [0, 0.1) is 25.2 Å². The number of rotatable bonds is 5. The van der Waals surface area contributed by atoms with E-state index in [0.29, 0.717) is 35.0 Å². The zero-order chi connectivity index (χ0) is 18.5. The topological polar surface area (TPSA) is 75.9 Å². The van der Waals surface area contributed by atoms with E-state index in [-0.39, 0.29) is 0 Å². The molecule has 5 nitrogen and oxygen atoms in total. The van der Waals surface area contributed by atoms with Crippen LogP contribution in [0.25, 0.3) is 0 Å². The van der Waals surface area contributed by atoms with E-state index in [1.54, 1.807) is 36.5 Å². The molecule has 0 N–H and O–H groups in total. The summed E-state index contributed by atoms with van der Waals surface area (Å²) in [5.74, 6) is 1.78. The van der Waals surface area contributed by atoms with Crippen molar-refractivity contribution < 1.29 is 9.53 Å². The molecule has 1 heterocycles.